The summed E-state index contributed by atoms with van der Waals surface area (Å²) in [6, 6.07) is 57.8. The molecule has 3 nitrogen and oxygen atoms in total. The number of para-hydroxylation sites is 1. The SMILES string of the molecule is Cc1c(-c2cccc3ccccc23)nc(-c2ccc3ccccc3c2)nc1-c1ccc(-c2ccc3ccccc3c2)c2oc3ccccc3c12. The van der Waals surface area contributed by atoms with Crippen molar-refractivity contribution in [1.29, 1.82) is 0 Å². The zero-order chi connectivity index (χ0) is 33.2. The van der Waals surface area contributed by atoms with E-state index in [1.165, 1.54) is 21.5 Å². The Hall–Kier alpha value is -6.58. The van der Waals surface area contributed by atoms with Crippen LogP contribution in [0.15, 0.2) is 168 Å². The number of rotatable bonds is 4. The van der Waals surface area contributed by atoms with Gasteiger partial charge in [-0.15, -0.1) is 0 Å². The Morgan fingerprint density at radius 3 is 1.74 bits per heavy atom. The van der Waals surface area contributed by atoms with Crippen LogP contribution in [0.5, 0.6) is 0 Å². The standard InChI is InChI=1S/C47H30N2O/c1-29-44(39-19-10-16-32-13-6-7-17-37(32)39)48-47(36-24-22-31-12-3-5-15-34(31)28-36)49-45(29)41-26-25-38(35-23-21-30-11-2-4-14-33(30)27-35)46-43(41)40-18-8-9-20-42(40)50-46/h2-28H,1H3. The van der Waals surface area contributed by atoms with Gasteiger partial charge in [-0.05, 0) is 69.1 Å². The molecule has 0 saturated heterocycles. The van der Waals surface area contributed by atoms with Gasteiger partial charge in [0.1, 0.15) is 11.2 Å². The lowest BCUT2D eigenvalue weighted by Gasteiger charge is -2.16. The van der Waals surface area contributed by atoms with Gasteiger partial charge in [0.05, 0.1) is 11.4 Å². The van der Waals surface area contributed by atoms with Gasteiger partial charge in [-0.25, -0.2) is 9.97 Å². The van der Waals surface area contributed by atoms with Crippen LogP contribution >= 0.6 is 0 Å². The number of nitrogens with zero attached hydrogens (tertiary/aromatic N) is 2. The summed E-state index contributed by atoms with van der Waals surface area (Å²) in [5.41, 5.74) is 9.83. The largest absolute Gasteiger partial charge is 0.455 e. The first-order valence-electron chi connectivity index (χ1n) is 17.0. The highest BCUT2D eigenvalue weighted by molar-refractivity contribution is 6.16. The van der Waals surface area contributed by atoms with E-state index in [4.69, 9.17) is 14.4 Å². The van der Waals surface area contributed by atoms with Crippen LogP contribution in [0.1, 0.15) is 5.56 Å². The number of furan rings is 1. The molecule has 0 atom stereocenters. The number of fused-ring (bicyclic) bond motifs is 6. The van der Waals surface area contributed by atoms with Crippen molar-refractivity contribution in [3.8, 4) is 45.0 Å². The molecule has 50 heavy (non-hydrogen) atoms. The van der Waals surface area contributed by atoms with Crippen LogP contribution in [0.4, 0.5) is 0 Å². The number of hydrogen-bond donors (Lipinski definition) is 0. The highest BCUT2D eigenvalue weighted by Gasteiger charge is 2.23. The molecule has 234 valence electrons. The third-order valence-electron chi connectivity index (χ3n) is 10.0. The van der Waals surface area contributed by atoms with Crippen LogP contribution in [-0.4, -0.2) is 9.97 Å². The average Bonchev–Trinajstić information content (AvgIpc) is 3.57. The lowest BCUT2D eigenvalue weighted by atomic mass is 9.92. The molecule has 0 radical (unpaired) electrons. The first-order chi connectivity index (χ1) is 24.7. The monoisotopic (exact) mass is 638 g/mol. The molecule has 2 heterocycles. The third-order valence-corrected chi connectivity index (χ3v) is 10.0. The Morgan fingerprint density at radius 2 is 0.980 bits per heavy atom. The van der Waals surface area contributed by atoms with Gasteiger partial charge in [0.25, 0.3) is 0 Å². The van der Waals surface area contributed by atoms with Gasteiger partial charge in [0, 0.05) is 38.6 Å². The summed E-state index contributed by atoms with van der Waals surface area (Å²) >= 11 is 0. The Morgan fingerprint density at radius 1 is 0.420 bits per heavy atom. The molecule has 0 saturated carbocycles. The fourth-order valence-corrected chi connectivity index (χ4v) is 7.54. The Bertz CT molecular complexity index is 2950. The van der Waals surface area contributed by atoms with Gasteiger partial charge in [-0.1, -0.05) is 140 Å². The summed E-state index contributed by atoms with van der Waals surface area (Å²) in [7, 11) is 0. The van der Waals surface area contributed by atoms with Crippen molar-refractivity contribution in [2.45, 2.75) is 6.92 Å². The molecule has 10 aromatic rings. The molecule has 3 heteroatoms. The van der Waals surface area contributed by atoms with E-state index < -0.39 is 0 Å². The molecule has 0 N–H and O–H groups in total. The van der Waals surface area contributed by atoms with Crippen molar-refractivity contribution >= 4 is 54.3 Å². The highest BCUT2D eigenvalue weighted by atomic mass is 16.3. The highest BCUT2D eigenvalue weighted by Crippen LogP contribution is 2.44. The van der Waals surface area contributed by atoms with Crippen LogP contribution < -0.4 is 0 Å². The predicted molar refractivity (Wildman–Crippen MR) is 208 cm³/mol. The zero-order valence-electron chi connectivity index (χ0n) is 27.4. The maximum absolute atomic E-state index is 6.74. The molecule has 0 aliphatic heterocycles. The quantitative estimate of drug-likeness (QED) is 0.193. The fraction of sp³-hybridized carbons (Fsp3) is 0.0213. The first kappa shape index (κ1) is 28.4. The Balaban J connectivity index is 1.28. The van der Waals surface area contributed by atoms with Gasteiger partial charge >= 0.3 is 0 Å². The average molecular weight is 639 g/mol. The van der Waals surface area contributed by atoms with Gasteiger partial charge in [0.15, 0.2) is 5.82 Å². The van der Waals surface area contributed by atoms with Crippen LogP contribution in [0.25, 0.3) is 99.3 Å². The normalized spacial score (nSPS) is 11.7. The van der Waals surface area contributed by atoms with E-state index in [0.717, 1.165) is 77.5 Å². The van der Waals surface area contributed by atoms with E-state index in [1.807, 2.05) is 6.07 Å². The maximum atomic E-state index is 6.74. The van der Waals surface area contributed by atoms with Gasteiger partial charge in [-0.2, -0.15) is 0 Å². The molecule has 0 aliphatic rings. The number of aromatic nitrogens is 2. The molecule has 0 spiro atoms. The molecule has 10 rings (SSSR count). The topological polar surface area (TPSA) is 38.9 Å². The summed E-state index contributed by atoms with van der Waals surface area (Å²) in [5, 5.41) is 9.23. The molecule has 0 fully saturated rings. The molecular formula is C47H30N2O. The molecule has 8 aromatic carbocycles. The number of hydrogen-bond acceptors (Lipinski definition) is 3. The Kier molecular flexibility index (Phi) is 6.40. The second-order valence-electron chi connectivity index (χ2n) is 13.0. The number of benzene rings is 8. The second-order valence-corrected chi connectivity index (χ2v) is 13.0. The van der Waals surface area contributed by atoms with Crippen LogP contribution in [0.3, 0.4) is 0 Å². The first-order valence-corrected chi connectivity index (χ1v) is 17.0. The van der Waals surface area contributed by atoms with Crippen LogP contribution in [0.2, 0.25) is 0 Å². The van der Waals surface area contributed by atoms with Crippen molar-refractivity contribution < 1.29 is 4.42 Å². The van der Waals surface area contributed by atoms with Crippen LogP contribution in [-0.2, 0) is 0 Å². The lowest BCUT2D eigenvalue weighted by molar-refractivity contribution is 0.670. The van der Waals surface area contributed by atoms with E-state index in [1.54, 1.807) is 0 Å². The second kappa shape index (κ2) is 11.3. The summed E-state index contributed by atoms with van der Waals surface area (Å²) in [4.78, 5) is 10.8. The third kappa shape index (κ3) is 4.52. The van der Waals surface area contributed by atoms with Crippen molar-refractivity contribution in [3.05, 3.63) is 169 Å². The minimum atomic E-state index is 0.693. The van der Waals surface area contributed by atoms with E-state index >= 15 is 0 Å². The van der Waals surface area contributed by atoms with Crippen LogP contribution in [0, 0.1) is 6.92 Å². The molecule has 0 bridgehead atoms. The fourth-order valence-electron chi connectivity index (χ4n) is 7.54. The van der Waals surface area contributed by atoms with Crippen molar-refractivity contribution in [2.24, 2.45) is 0 Å². The van der Waals surface area contributed by atoms with E-state index in [2.05, 4.69) is 165 Å². The molecule has 0 amide bonds. The molecule has 0 aliphatic carbocycles. The molecule has 0 unspecified atom stereocenters. The van der Waals surface area contributed by atoms with E-state index in [-0.39, 0.29) is 0 Å². The van der Waals surface area contributed by atoms with E-state index in [0.29, 0.717) is 5.82 Å². The smallest absolute Gasteiger partial charge is 0.160 e. The predicted octanol–water partition coefficient (Wildman–Crippen LogP) is 12.8. The van der Waals surface area contributed by atoms with Gasteiger partial charge in [-0.3, -0.25) is 0 Å². The zero-order valence-corrected chi connectivity index (χ0v) is 27.4. The minimum Gasteiger partial charge on any atom is -0.455 e. The van der Waals surface area contributed by atoms with Crippen molar-refractivity contribution in [1.82, 2.24) is 9.97 Å². The summed E-state index contributed by atoms with van der Waals surface area (Å²) in [5.74, 6) is 0.693. The van der Waals surface area contributed by atoms with E-state index in [9.17, 15) is 0 Å². The lowest BCUT2D eigenvalue weighted by Crippen LogP contribution is -2.01. The van der Waals surface area contributed by atoms with Gasteiger partial charge < -0.3 is 4.42 Å². The maximum Gasteiger partial charge on any atom is 0.160 e. The van der Waals surface area contributed by atoms with Crippen molar-refractivity contribution in [3.63, 3.8) is 0 Å². The molecular weight excluding hydrogens is 609 g/mol. The summed E-state index contributed by atoms with van der Waals surface area (Å²) < 4.78 is 6.74. The Labute approximate surface area is 289 Å². The van der Waals surface area contributed by atoms with Gasteiger partial charge in [0.2, 0.25) is 0 Å². The summed E-state index contributed by atoms with van der Waals surface area (Å²) in [6.07, 6.45) is 0. The molecule has 2 aromatic heterocycles. The van der Waals surface area contributed by atoms with Crippen molar-refractivity contribution in [2.75, 3.05) is 0 Å². The minimum absolute atomic E-state index is 0.693. The summed E-state index contributed by atoms with van der Waals surface area (Å²) in [6.45, 7) is 2.15.